The van der Waals surface area contributed by atoms with Gasteiger partial charge in [0.25, 0.3) is 0 Å². The summed E-state index contributed by atoms with van der Waals surface area (Å²) in [6.07, 6.45) is -0.164. The number of imide groups is 1. The summed E-state index contributed by atoms with van der Waals surface area (Å²) in [6.45, 7) is 7.24. The zero-order valence-electron chi connectivity index (χ0n) is 16.3. The number of β-lactam (4-membered cyclic amide) rings is 1. The molecule has 4 nitrogen and oxygen atoms in total. The van der Waals surface area contributed by atoms with E-state index >= 15 is 0 Å². The first-order valence-corrected chi connectivity index (χ1v) is 9.94. The normalized spacial score (nSPS) is 22.0. The summed E-state index contributed by atoms with van der Waals surface area (Å²) in [4.78, 5) is 27.4. The van der Waals surface area contributed by atoms with Crippen molar-refractivity contribution >= 4 is 35.2 Å². The average Bonchev–Trinajstić information content (AvgIpc) is 2.61. The van der Waals surface area contributed by atoms with Crippen LogP contribution >= 0.6 is 23.2 Å². The van der Waals surface area contributed by atoms with Crippen LogP contribution in [0.15, 0.2) is 48.5 Å². The number of halogens is 2. The number of hydrogen-bond acceptors (Lipinski definition) is 3. The lowest BCUT2D eigenvalue weighted by molar-refractivity contribution is -0.159. The van der Waals surface area contributed by atoms with Crippen LogP contribution in [-0.4, -0.2) is 22.5 Å². The molecule has 1 saturated heterocycles. The van der Waals surface area contributed by atoms with E-state index in [0.717, 1.165) is 5.56 Å². The maximum Gasteiger partial charge on any atom is 0.417 e. The van der Waals surface area contributed by atoms with Crippen LogP contribution in [0, 0.1) is 0 Å². The second-order valence-corrected chi connectivity index (χ2v) is 8.75. The Hall–Kier alpha value is -2.04. The molecule has 148 valence electrons. The fourth-order valence-corrected chi connectivity index (χ4v) is 4.15. The summed E-state index contributed by atoms with van der Waals surface area (Å²) in [5.41, 5.74) is -0.111. The van der Waals surface area contributed by atoms with Crippen LogP contribution in [0.5, 0.6) is 0 Å². The first-order chi connectivity index (χ1) is 13.1. The molecule has 2 aromatic rings. The number of nitrogens with zero attached hydrogens (tertiary/aromatic N) is 1. The Balaban J connectivity index is 2.14. The summed E-state index contributed by atoms with van der Waals surface area (Å²) < 4.78 is 5.50. The number of carbonyl (C=O) groups excluding carboxylic acids is 2. The molecule has 2 aromatic carbocycles. The third kappa shape index (κ3) is 3.40. The Labute approximate surface area is 175 Å². The summed E-state index contributed by atoms with van der Waals surface area (Å²) in [5.74, 6) is -0.295. The minimum absolute atomic E-state index is 0.295. The molecule has 1 aliphatic heterocycles. The fourth-order valence-electron chi connectivity index (χ4n) is 3.78. The van der Waals surface area contributed by atoms with Crippen LogP contribution < -0.4 is 0 Å². The van der Waals surface area contributed by atoms with Crippen LogP contribution in [0.1, 0.15) is 51.3 Å². The molecule has 3 rings (SSSR count). The van der Waals surface area contributed by atoms with Gasteiger partial charge in [-0.15, -0.1) is 0 Å². The van der Waals surface area contributed by atoms with Gasteiger partial charge in [0.1, 0.15) is 5.60 Å². The lowest BCUT2D eigenvalue weighted by Crippen LogP contribution is -2.68. The molecule has 0 aliphatic carbocycles. The molecule has 0 saturated carbocycles. The number of carbonyl (C=O) groups is 2. The van der Waals surface area contributed by atoms with Crippen LogP contribution in [0.4, 0.5) is 4.79 Å². The van der Waals surface area contributed by atoms with Crippen LogP contribution in [-0.2, 0) is 14.9 Å². The van der Waals surface area contributed by atoms with E-state index in [4.69, 9.17) is 27.9 Å². The van der Waals surface area contributed by atoms with Gasteiger partial charge in [-0.25, -0.2) is 9.69 Å². The van der Waals surface area contributed by atoms with E-state index in [1.54, 1.807) is 39.0 Å². The minimum Gasteiger partial charge on any atom is -0.443 e. The third-order valence-electron chi connectivity index (χ3n) is 5.03. The molecule has 1 aliphatic rings. The topological polar surface area (TPSA) is 46.6 Å². The van der Waals surface area contributed by atoms with Crippen molar-refractivity contribution in [2.45, 2.75) is 51.2 Å². The largest absolute Gasteiger partial charge is 0.443 e. The van der Waals surface area contributed by atoms with E-state index < -0.39 is 23.2 Å². The molecule has 1 heterocycles. The van der Waals surface area contributed by atoms with Gasteiger partial charge in [0.2, 0.25) is 5.91 Å². The molecular formula is C22H23Cl2NO3. The number of amides is 2. The van der Waals surface area contributed by atoms with E-state index in [0.29, 0.717) is 22.0 Å². The van der Waals surface area contributed by atoms with Gasteiger partial charge in [-0.1, -0.05) is 60.5 Å². The van der Waals surface area contributed by atoms with Gasteiger partial charge in [0.05, 0.1) is 11.5 Å². The lowest BCUT2D eigenvalue weighted by atomic mass is 9.62. The van der Waals surface area contributed by atoms with Gasteiger partial charge >= 0.3 is 6.09 Å². The smallest absolute Gasteiger partial charge is 0.417 e. The van der Waals surface area contributed by atoms with Gasteiger partial charge in [-0.3, -0.25) is 4.79 Å². The zero-order valence-corrected chi connectivity index (χ0v) is 17.8. The van der Waals surface area contributed by atoms with Crippen molar-refractivity contribution in [2.24, 2.45) is 0 Å². The van der Waals surface area contributed by atoms with Crippen molar-refractivity contribution in [1.82, 2.24) is 4.90 Å². The van der Waals surface area contributed by atoms with Crippen molar-refractivity contribution in [2.75, 3.05) is 0 Å². The highest BCUT2D eigenvalue weighted by atomic mass is 35.5. The highest BCUT2D eigenvalue weighted by Gasteiger charge is 2.64. The van der Waals surface area contributed by atoms with Crippen molar-refractivity contribution in [3.63, 3.8) is 0 Å². The van der Waals surface area contributed by atoms with Crippen molar-refractivity contribution in [3.05, 3.63) is 69.7 Å². The molecule has 0 bridgehead atoms. The molecule has 0 N–H and O–H groups in total. The number of ether oxygens (including phenoxy) is 1. The molecule has 6 heteroatoms. The first-order valence-electron chi connectivity index (χ1n) is 9.19. The summed E-state index contributed by atoms with van der Waals surface area (Å²) >= 11 is 12.5. The molecule has 0 radical (unpaired) electrons. The molecule has 0 spiro atoms. The van der Waals surface area contributed by atoms with E-state index in [2.05, 4.69) is 0 Å². The quantitative estimate of drug-likeness (QED) is 0.559. The SMILES string of the molecule is CC[C@@]1(c2ccc(Cl)cc2)C(=O)N(C(=O)OC(C)(C)C)[C@@H]1c1ccccc1Cl. The summed E-state index contributed by atoms with van der Waals surface area (Å²) in [5, 5.41) is 1.08. The van der Waals surface area contributed by atoms with Crippen LogP contribution in [0.25, 0.3) is 0 Å². The van der Waals surface area contributed by atoms with Crippen molar-refractivity contribution < 1.29 is 14.3 Å². The fraction of sp³-hybridized carbons (Fsp3) is 0.364. The number of hydrogen-bond donors (Lipinski definition) is 0. The van der Waals surface area contributed by atoms with E-state index in [1.807, 2.05) is 37.3 Å². The lowest BCUT2D eigenvalue weighted by Gasteiger charge is -2.55. The minimum atomic E-state index is -0.910. The second kappa shape index (κ2) is 7.41. The van der Waals surface area contributed by atoms with Crippen LogP contribution in [0.3, 0.4) is 0 Å². The van der Waals surface area contributed by atoms with E-state index in [-0.39, 0.29) is 5.91 Å². The van der Waals surface area contributed by atoms with Crippen molar-refractivity contribution in [1.29, 1.82) is 0 Å². The molecular weight excluding hydrogens is 397 g/mol. The highest BCUT2D eigenvalue weighted by Crippen LogP contribution is 2.55. The summed E-state index contributed by atoms with van der Waals surface area (Å²) in [7, 11) is 0. The van der Waals surface area contributed by atoms with Crippen molar-refractivity contribution in [3.8, 4) is 0 Å². The molecule has 1 fully saturated rings. The first kappa shape index (κ1) is 20.7. The highest BCUT2D eigenvalue weighted by molar-refractivity contribution is 6.31. The molecule has 0 unspecified atom stereocenters. The Bertz CT molecular complexity index is 905. The second-order valence-electron chi connectivity index (χ2n) is 7.91. The Morgan fingerprint density at radius 2 is 1.71 bits per heavy atom. The third-order valence-corrected chi connectivity index (χ3v) is 5.63. The Kier molecular flexibility index (Phi) is 5.48. The van der Waals surface area contributed by atoms with Gasteiger partial charge in [-0.05, 0) is 56.5 Å². The maximum atomic E-state index is 13.4. The number of rotatable bonds is 3. The molecule has 2 atom stereocenters. The molecule has 2 amide bonds. The number of benzene rings is 2. The Morgan fingerprint density at radius 3 is 2.25 bits per heavy atom. The maximum absolute atomic E-state index is 13.4. The molecule has 28 heavy (non-hydrogen) atoms. The number of likely N-dealkylation sites (tertiary alicyclic amines) is 1. The van der Waals surface area contributed by atoms with Gasteiger partial charge < -0.3 is 4.74 Å². The van der Waals surface area contributed by atoms with Gasteiger partial charge in [0, 0.05) is 10.0 Å². The standard InChI is InChI=1S/C22H23Cl2NO3/c1-5-22(14-10-12-15(23)13-11-14)18(16-8-6-7-9-17(16)24)25(19(22)26)20(27)28-21(2,3)4/h6-13,18H,5H2,1-4H3/t18-,22+/m1/s1. The van der Waals surface area contributed by atoms with Gasteiger partial charge in [-0.2, -0.15) is 0 Å². The predicted octanol–water partition coefficient (Wildman–Crippen LogP) is 6.16. The van der Waals surface area contributed by atoms with Crippen LogP contribution in [0.2, 0.25) is 10.0 Å². The van der Waals surface area contributed by atoms with Gasteiger partial charge in [0.15, 0.2) is 0 Å². The van der Waals surface area contributed by atoms with E-state index in [9.17, 15) is 9.59 Å². The van der Waals surface area contributed by atoms with E-state index in [1.165, 1.54) is 4.90 Å². The monoisotopic (exact) mass is 419 g/mol. The summed E-state index contributed by atoms with van der Waals surface area (Å²) in [6, 6.07) is 13.9. The molecule has 0 aromatic heterocycles. The predicted molar refractivity (Wildman–Crippen MR) is 111 cm³/mol. The zero-order chi connectivity index (χ0) is 20.7. The Morgan fingerprint density at radius 1 is 1.11 bits per heavy atom. The average molecular weight is 420 g/mol.